The van der Waals surface area contributed by atoms with E-state index in [1.165, 1.54) is 48.5 Å². The van der Waals surface area contributed by atoms with Gasteiger partial charge in [-0.2, -0.15) is 26.3 Å². The zero-order valence-corrected chi connectivity index (χ0v) is 22.7. The summed E-state index contributed by atoms with van der Waals surface area (Å²) in [7, 11) is -5.08. The molecule has 0 N–H and O–H groups in total. The Morgan fingerprint density at radius 1 is 0.500 bits per heavy atom. The molecule has 10 heteroatoms. The van der Waals surface area contributed by atoms with Crippen molar-refractivity contribution >= 4 is 16.6 Å². The van der Waals surface area contributed by atoms with Crippen molar-refractivity contribution in [3.63, 3.8) is 0 Å². The molecule has 2 nitrogen and oxygen atoms in total. The third-order valence-corrected chi connectivity index (χ3v) is 7.35. The van der Waals surface area contributed by atoms with Crippen molar-refractivity contribution in [3.05, 3.63) is 59.7 Å². The van der Waals surface area contributed by atoms with Gasteiger partial charge in [-0.05, 0) is 75.4 Å². The molecule has 0 heterocycles. The third kappa shape index (κ3) is 6.32. The molecule has 2 rings (SSSR count). The lowest BCUT2D eigenvalue weighted by Gasteiger charge is -2.38. The smallest absolute Gasteiger partial charge is 0.401 e. The van der Waals surface area contributed by atoms with Crippen LogP contribution in [-0.4, -0.2) is 29.0 Å². The van der Waals surface area contributed by atoms with Crippen LogP contribution in [0.3, 0.4) is 0 Å². The molecule has 0 spiro atoms. The number of benzene rings is 2. The number of halogens is 6. The molecule has 0 fully saturated rings. The normalized spacial score (nSPS) is 17.2. The summed E-state index contributed by atoms with van der Waals surface area (Å²) in [4.78, 5) is 0. The molecule has 0 aliphatic heterocycles. The molecule has 0 aliphatic rings. The van der Waals surface area contributed by atoms with Crippen LogP contribution < -0.4 is 0 Å². The molecule has 2 aromatic rings. The fourth-order valence-electron chi connectivity index (χ4n) is 3.75. The fraction of sp³-hybridized carbons (Fsp3) is 0.500. The van der Waals surface area contributed by atoms with E-state index < -0.39 is 40.2 Å². The molecule has 0 radical (unpaired) electrons. The van der Waals surface area contributed by atoms with Crippen LogP contribution in [0.15, 0.2) is 48.5 Å². The second-order valence-electron chi connectivity index (χ2n) is 10.6. The maximum atomic E-state index is 13.9. The van der Waals surface area contributed by atoms with E-state index in [0.29, 0.717) is 11.1 Å². The van der Waals surface area contributed by atoms with Gasteiger partial charge in [0, 0.05) is 0 Å². The SMILES string of the molecule is CC(O[Si](C)(C)C)(c1ccc(-c2ccc(C(C)(O[Si](C)(C)C)C(F)(F)F)cc2)cc1)C(F)(F)F. The molecular formula is C24H32F6O2Si2. The standard InChI is InChI=1S/C24H32F6O2Si2/c1-21(23(25,26)27,31-33(3,4)5)19-13-9-17(10-14-19)18-11-15-20(16-12-18)22(2,24(28,29)30)32-34(6,7)8/h9-16H,1-8H3. The van der Waals surface area contributed by atoms with Gasteiger partial charge < -0.3 is 8.85 Å². The Kier molecular flexibility index (Phi) is 7.66. The average Bonchev–Trinajstić information content (AvgIpc) is 2.64. The summed E-state index contributed by atoms with van der Waals surface area (Å²) >= 11 is 0. The summed E-state index contributed by atoms with van der Waals surface area (Å²) in [5.74, 6) is 0. The van der Waals surface area contributed by atoms with E-state index in [2.05, 4.69) is 0 Å². The largest absolute Gasteiger partial charge is 0.420 e. The molecule has 0 saturated carbocycles. The predicted molar refractivity (Wildman–Crippen MR) is 128 cm³/mol. The van der Waals surface area contributed by atoms with E-state index in [9.17, 15) is 26.3 Å². The predicted octanol–water partition coefficient (Wildman–Crippen LogP) is 8.61. The van der Waals surface area contributed by atoms with Crippen molar-refractivity contribution in [3.8, 4) is 11.1 Å². The van der Waals surface area contributed by atoms with E-state index in [1.54, 1.807) is 39.3 Å². The van der Waals surface area contributed by atoms with Crippen LogP contribution in [0.1, 0.15) is 25.0 Å². The summed E-state index contributed by atoms with van der Waals surface area (Å²) in [5, 5.41) is 0. The summed E-state index contributed by atoms with van der Waals surface area (Å²) < 4.78 is 94.5. The molecule has 0 bridgehead atoms. The number of hydrogen-bond acceptors (Lipinski definition) is 2. The molecule has 0 aromatic heterocycles. The van der Waals surface area contributed by atoms with Gasteiger partial charge in [-0.3, -0.25) is 0 Å². The maximum absolute atomic E-state index is 13.9. The van der Waals surface area contributed by atoms with Gasteiger partial charge in [0.05, 0.1) is 0 Å². The summed E-state index contributed by atoms with van der Waals surface area (Å²) in [5.41, 5.74) is -3.82. The molecule has 34 heavy (non-hydrogen) atoms. The van der Waals surface area contributed by atoms with Crippen LogP contribution in [0.2, 0.25) is 39.3 Å². The molecule has 0 amide bonds. The Hall–Kier alpha value is -1.63. The lowest BCUT2D eigenvalue weighted by atomic mass is 9.91. The first-order chi connectivity index (χ1) is 15.1. The van der Waals surface area contributed by atoms with Crippen molar-refractivity contribution in [1.82, 2.24) is 0 Å². The summed E-state index contributed by atoms with van der Waals surface area (Å²) in [6.07, 6.45) is -9.23. The number of hydrogen-bond donors (Lipinski definition) is 0. The van der Waals surface area contributed by atoms with Crippen LogP contribution >= 0.6 is 0 Å². The monoisotopic (exact) mass is 522 g/mol. The van der Waals surface area contributed by atoms with E-state index >= 15 is 0 Å². The lowest BCUT2D eigenvalue weighted by molar-refractivity contribution is -0.251. The fourth-order valence-corrected chi connectivity index (χ4v) is 6.66. The molecule has 0 saturated heterocycles. The first-order valence-electron chi connectivity index (χ1n) is 10.8. The third-order valence-electron chi connectivity index (χ3n) is 5.31. The van der Waals surface area contributed by atoms with Crippen LogP contribution in [0.25, 0.3) is 11.1 Å². The highest BCUT2D eigenvalue weighted by atomic mass is 28.4. The molecule has 2 aromatic carbocycles. The van der Waals surface area contributed by atoms with Gasteiger partial charge >= 0.3 is 12.4 Å². The Bertz CT molecular complexity index is 892. The van der Waals surface area contributed by atoms with Gasteiger partial charge in [-0.25, -0.2) is 0 Å². The van der Waals surface area contributed by atoms with Crippen molar-refractivity contribution in [1.29, 1.82) is 0 Å². The topological polar surface area (TPSA) is 18.5 Å². The minimum absolute atomic E-state index is 0.0315. The van der Waals surface area contributed by atoms with Gasteiger partial charge in [-0.1, -0.05) is 48.5 Å². The van der Waals surface area contributed by atoms with Gasteiger partial charge in [0.25, 0.3) is 0 Å². The molecule has 2 atom stereocenters. The second-order valence-corrected chi connectivity index (χ2v) is 19.5. The Morgan fingerprint density at radius 2 is 0.735 bits per heavy atom. The number of alkyl halides is 6. The quantitative estimate of drug-likeness (QED) is 0.268. The highest BCUT2D eigenvalue weighted by Gasteiger charge is 2.56. The first-order valence-corrected chi connectivity index (χ1v) is 17.7. The van der Waals surface area contributed by atoms with Gasteiger partial charge in [0.1, 0.15) is 0 Å². The molecular weight excluding hydrogens is 490 g/mol. The average molecular weight is 523 g/mol. The van der Waals surface area contributed by atoms with Gasteiger partial charge in [-0.15, -0.1) is 0 Å². The highest BCUT2D eigenvalue weighted by Crippen LogP contribution is 2.45. The molecule has 2 unspecified atom stereocenters. The summed E-state index contributed by atoms with van der Waals surface area (Å²) in [6, 6.07) is 11.5. The molecule has 0 aliphatic carbocycles. The van der Waals surface area contributed by atoms with E-state index in [-0.39, 0.29) is 11.1 Å². The zero-order valence-electron chi connectivity index (χ0n) is 20.7. The van der Waals surface area contributed by atoms with E-state index in [4.69, 9.17) is 8.85 Å². The zero-order chi connectivity index (χ0) is 26.4. The van der Waals surface area contributed by atoms with Crippen LogP contribution in [-0.2, 0) is 20.1 Å². The van der Waals surface area contributed by atoms with Crippen molar-refractivity contribution in [2.75, 3.05) is 0 Å². The van der Waals surface area contributed by atoms with Crippen LogP contribution in [0.4, 0.5) is 26.3 Å². The van der Waals surface area contributed by atoms with Crippen LogP contribution in [0, 0.1) is 0 Å². The Morgan fingerprint density at radius 3 is 0.912 bits per heavy atom. The Balaban J connectivity index is 2.42. The van der Waals surface area contributed by atoms with Crippen molar-refractivity contribution in [2.24, 2.45) is 0 Å². The lowest BCUT2D eigenvalue weighted by Crippen LogP contribution is -2.48. The van der Waals surface area contributed by atoms with E-state index in [1.807, 2.05) is 0 Å². The van der Waals surface area contributed by atoms with E-state index in [0.717, 1.165) is 13.8 Å². The second kappa shape index (κ2) is 9.11. The van der Waals surface area contributed by atoms with Gasteiger partial charge in [0.15, 0.2) is 27.8 Å². The first kappa shape index (κ1) is 28.6. The van der Waals surface area contributed by atoms with Gasteiger partial charge in [0.2, 0.25) is 0 Å². The molecule has 190 valence electrons. The maximum Gasteiger partial charge on any atom is 0.420 e. The van der Waals surface area contributed by atoms with Crippen molar-refractivity contribution < 1.29 is 35.2 Å². The minimum atomic E-state index is -4.62. The van der Waals surface area contributed by atoms with Crippen molar-refractivity contribution in [2.45, 2.75) is 76.7 Å². The Labute approximate surface area is 199 Å². The highest BCUT2D eigenvalue weighted by molar-refractivity contribution is 6.70. The number of rotatable bonds is 7. The summed E-state index contributed by atoms with van der Waals surface area (Å²) in [6.45, 7) is 12.2. The minimum Gasteiger partial charge on any atom is -0.401 e. The van der Waals surface area contributed by atoms with Crippen LogP contribution in [0.5, 0.6) is 0 Å².